The molecule has 1 heterocycles. The molecule has 0 radical (unpaired) electrons. The molecule has 0 saturated carbocycles. The Kier molecular flexibility index (Phi) is 5.95. The van der Waals surface area contributed by atoms with Gasteiger partial charge in [-0.1, -0.05) is 96.5 Å². The number of benzene rings is 4. The lowest BCUT2D eigenvalue weighted by Gasteiger charge is -2.29. The molecule has 164 valence electrons. The fraction of sp³-hybridized carbons (Fsp3) is 0.143. The molecule has 5 heteroatoms. The lowest BCUT2D eigenvalue weighted by Crippen LogP contribution is -2.29. The van der Waals surface area contributed by atoms with E-state index < -0.39 is 0 Å². The van der Waals surface area contributed by atoms with Crippen molar-refractivity contribution in [2.45, 2.75) is 19.6 Å². The zero-order chi connectivity index (χ0) is 22.8. The van der Waals surface area contributed by atoms with Crippen molar-refractivity contribution < 1.29 is 4.79 Å². The predicted molar refractivity (Wildman–Crippen MR) is 134 cm³/mol. The molecule has 0 spiro atoms. The first-order chi connectivity index (χ1) is 16.1. The third-order valence-corrected chi connectivity index (χ3v) is 6.27. The van der Waals surface area contributed by atoms with Crippen LogP contribution in [0.5, 0.6) is 0 Å². The van der Waals surface area contributed by atoms with E-state index in [-0.39, 0.29) is 12.1 Å². The zero-order valence-electron chi connectivity index (χ0n) is 18.4. The Morgan fingerprint density at radius 2 is 1.61 bits per heavy atom. The second kappa shape index (κ2) is 9.18. The average Bonchev–Trinajstić information content (AvgIpc) is 3.13. The fourth-order valence-corrected chi connectivity index (χ4v) is 4.53. The number of nitrogens with zero attached hydrogens (tertiary/aromatic N) is 3. The Bertz CT molecular complexity index is 1310. The normalized spacial score (nSPS) is 17.2. The third-order valence-electron chi connectivity index (χ3n) is 6.02. The molecular formula is C28H24ClN3O. The lowest BCUT2D eigenvalue weighted by atomic mass is 10.0. The van der Waals surface area contributed by atoms with Crippen LogP contribution < -0.4 is 0 Å². The van der Waals surface area contributed by atoms with Crippen LogP contribution in [-0.4, -0.2) is 28.1 Å². The van der Waals surface area contributed by atoms with E-state index in [1.54, 1.807) is 5.01 Å². The average molecular weight is 454 g/mol. The molecule has 0 aromatic heterocycles. The second-order valence-electron chi connectivity index (χ2n) is 8.26. The van der Waals surface area contributed by atoms with Crippen molar-refractivity contribution in [2.75, 3.05) is 6.54 Å². The van der Waals surface area contributed by atoms with Gasteiger partial charge in [-0.2, -0.15) is 5.10 Å². The number of carbonyl (C=O) groups is 1. The van der Waals surface area contributed by atoms with Gasteiger partial charge < -0.3 is 0 Å². The molecule has 0 bridgehead atoms. The molecule has 1 saturated heterocycles. The summed E-state index contributed by atoms with van der Waals surface area (Å²) in [6.07, 6.45) is -0.300. The molecule has 1 amide bonds. The van der Waals surface area contributed by atoms with Crippen LogP contribution in [0.4, 0.5) is 0 Å². The van der Waals surface area contributed by atoms with Crippen LogP contribution in [-0.2, 0) is 11.3 Å². The minimum atomic E-state index is -0.300. The van der Waals surface area contributed by atoms with E-state index in [0.717, 1.165) is 33.2 Å². The maximum atomic E-state index is 13.3. The van der Waals surface area contributed by atoms with Gasteiger partial charge in [-0.3, -0.25) is 9.69 Å². The van der Waals surface area contributed by atoms with E-state index in [1.807, 2.05) is 61.5 Å². The number of hydrogen-bond acceptors (Lipinski definition) is 3. The smallest absolute Gasteiger partial charge is 0.258 e. The Balaban J connectivity index is 1.59. The molecule has 33 heavy (non-hydrogen) atoms. The monoisotopic (exact) mass is 453 g/mol. The topological polar surface area (TPSA) is 35.9 Å². The Labute approximate surface area is 198 Å². The summed E-state index contributed by atoms with van der Waals surface area (Å²) in [7, 11) is 0. The Morgan fingerprint density at radius 3 is 2.39 bits per heavy atom. The maximum Gasteiger partial charge on any atom is 0.258 e. The van der Waals surface area contributed by atoms with Crippen molar-refractivity contribution in [1.29, 1.82) is 0 Å². The lowest BCUT2D eigenvalue weighted by molar-refractivity contribution is -0.128. The molecule has 5 rings (SSSR count). The molecule has 0 N–H and O–H groups in total. The van der Waals surface area contributed by atoms with E-state index >= 15 is 0 Å². The van der Waals surface area contributed by atoms with E-state index in [0.29, 0.717) is 18.1 Å². The number of halogens is 1. The summed E-state index contributed by atoms with van der Waals surface area (Å²) in [5.74, 6) is -0.0165. The van der Waals surface area contributed by atoms with Gasteiger partial charge >= 0.3 is 0 Å². The van der Waals surface area contributed by atoms with Crippen LogP contribution in [0.1, 0.15) is 29.8 Å². The van der Waals surface area contributed by atoms with Gasteiger partial charge in [0.15, 0.2) is 0 Å². The zero-order valence-corrected chi connectivity index (χ0v) is 19.1. The number of hydrazone groups is 1. The first kappa shape index (κ1) is 21.4. The summed E-state index contributed by atoms with van der Waals surface area (Å²) < 4.78 is 0. The number of hydrogen-bond donors (Lipinski definition) is 0. The standard InChI is InChI=1S/C28H24ClN3O/c1-20(22-14-16-24(29)17-15-22)30-32-27(33)19-31(18-21-8-3-2-4-9-21)28(32)26-13-7-11-23-10-5-6-12-25(23)26/h2-17,28H,18-19H2,1H3/b30-20-/t28-/m1/s1. The van der Waals surface area contributed by atoms with E-state index in [9.17, 15) is 4.79 Å². The van der Waals surface area contributed by atoms with E-state index in [2.05, 4.69) is 47.4 Å². The minimum Gasteiger partial charge on any atom is -0.271 e. The summed E-state index contributed by atoms with van der Waals surface area (Å²) in [4.78, 5) is 15.5. The predicted octanol–water partition coefficient (Wildman–Crippen LogP) is 6.26. The third kappa shape index (κ3) is 4.40. The molecule has 0 unspecified atom stereocenters. The summed E-state index contributed by atoms with van der Waals surface area (Å²) in [6.45, 7) is 2.89. The highest BCUT2D eigenvalue weighted by Crippen LogP contribution is 2.36. The van der Waals surface area contributed by atoms with Gasteiger partial charge in [0.25, 0.3) is 5.91 Å². The summed E-state index contributed by atoms with van der Waals surface area (Å²) in [5, 5.41) is 9.42. The van der Waals surface area contributed by atoms with Gasteiger partial charge in [-0.05, 0) is 46.5 Å². The van der Waals surface area contributed by atoms with Crippen molar-refractivity contribution in [2.24, 2.45) is 5.10 Å². The van der Waals surface area contributed by atoms with Gasteiger partial charge in [-0.25, -0.2) is 5.01 Å². The molecule has 1 aliphatic rings. The highest BCUT2D eigenvalue weighted by molar-refractivity contribution is 6.30. The van der Waals surface area contributed by atoms with Gasteiger partial charge in [-0.15, -0.1) is 0 Å². The fourth-order valence-electron chi connectivity index (χ4n) is 4.41. The summed E-state index contributed by atoms with van der Waals surface area (Å²) >= 11 is 6.05. The van der Waals surface area contributed by atoms with Gasteiger partial charge in [0.1, 0.15) is 6.17 Å². The van der Waals surface area contributed by atoms with Crippen LogP contribution in [0.2, 0.25) is 5.02 Å². The van der Waals surface area contributed by atoms with Crippen molar-refractivity contribution in [3.8, 4) is 0 Å². The van der Waals surface area contributed by atoms with Crippen LogP contribution in [0.15, 0.2) is 102 Å². The summed E-state index contributed by atoms with van der Waals surface area (Å²) in [5.41, 5.74) is 3.94. The van der Waals surface area contributed by atoms with E-state index in [1.165, 1.54) is 0 Å². The molecule has 4 aromatic carbocycles. The second-order valence-corrected chi connectivity index (χ2v) is 8.70. The number of amides is 1. The van der Waals surface area contributed by atoms with Crippen molar-refractivity contribution in [1.82, 2.24) is 9.91 Å². The molecule has 0 aliphatic carbocycles. The molecule has 1 atom stereocenters. The Hall–Kier alpha value is -3.47. The van der Waals surface area contributed by atoms with Gasteiger partial charge in [0, 0.05) is 11.6 Å². The number of carbonyl (C=O) groups excluding carboxylic acids is 1. The molecular weight excluding hydrogens is 430 g/mol. The van der Waals surface area contributed by atoms with Crippen molar-refractivity contribution in [3.05, 3.63) is 119 Å². The SMILES string of the molecule is C/C(=N/N1C(=O)CN(Cc2ccccc2)[C@H]1c1cccc2ccccc12)c1ccc(Cl)cc1. The molecule has 1 aliphatic heterocycles. The van der Waals surface area contributed by atoms with E-state index in [4.69, 9.17) is 16.7 Å². The minimum absolute atomic E-state index is 0.0165. The number of fused-ring (bicyclic) bond motifs is 1. The van der Waals surface area contributed by atoms with Crippen molar-refractivity contribution in [3.63, 3.8) is 0 Å². The maximum absolute atomic E-state index is 13.3. The molecule has 4 nitrogen and oxygen atoms in total. The van der Waals surface area contributed by atoms with Crippen molar-refractivity contribution >= 4 is 34.0 Å². The number of rotatable bonds is 5. The highest BCUT2D eigenvalue weighted by atomic mass is 35.5. The Morgan fingerprint density at radius 1 is 0.909 bits per heavy atom. The van der Waals surface area contributed by atoms with Gasteiger partial charge in [0.2, 0.25) is 0 Å². The quantitative estimate of drug-likeness (QED) is 0.334. The summed E-state index contributed by atoms with van der Waals surface area (Å²) in [6, 6.07) is 32.3. The van der Waals surface area contributed by atoms with Crippen LogP contribution >= 0.6 is 11.6 Å². The van der Waals surface area contributed by atoms with Crippen LogP contribution in [0.25, 0.3) is 10.8 Å². The largest absolute Gasteiger partial charge is 0.271 e. The van der Waals surface area contributed by atoms with Crippen LogP contribution in [0, 0.1) is 0 Å². The molecule has 4 aromatic rings. The van der Waals surface area contributed by atoms with Gasteiger partial charge in [0.05, 0.1) is 12.3 Å². The first-order valence-corrected chi connectivity index (χ1v) is 11.4. The van der Waals surface area contributed by atoms with Crippen LogP contribution in [0.3, 0.4) is 0 Å². The highest BCUT2D eigenvalue weighted by Gasteiger charge is 2.40. The first-order valence-electron chi connectivity index (χ1n) is 11.0. The molecule has 1 fully saturated rings.